The van der Waals surface area contributed by atoms with E-state index >= 15 is 0 Å². The van der Waals surface area contributed by atoms with Gasteiger partial charge in [-0.2, -0.15) is 0 Å². The van der Waals surface area contributed by atoms with E-state index in [1.165, 1.54) is 6.33 Å². The van der Waals surface area contributed by atoms with E-state index in [0.717, 1.165) is 26.3 Å². The molecule has 0 saturated heterocycles. The van der Waals surface area contributed by atoms with E-state index in [1.54, 1.807) is 12.1 Å². The molecular formula is C26H21N3O5. The van der Waals surface area contributed by atoms with Gasteiger partial charge in [-0.3, -0.25) is 19.0 Å². The summed E-state index contributed by atoms with van der Waals surface area (Å²) in [5.41, 5.74) is 1.52. The Kier molecular flexibility index (Phi) is 5.55. The highest BCUT2D eigenvalue weighted by Crippen LogP contribution is 2.25. The largest absolute Gasteiger partial charge is 0.454 e. The molecule has 0 bridgehead atoms. The fraction of sp³-hybridized carbons (Fsp3) is 0.154. The lowest BCUT2D eigenvalue weighted by molar-refractivity contribution is -0.149. The zero-order valence-corrected chi connectivity index (χ0v) is 18.4. The van der Waals surface area contributed by atoms with Gasteiger partial charge in [0.1, 0.15) is 17.6 Å². The highest BCUT2D eigenvalue weighted by Gasteiger charge is 2.17. The molecule has 0 saturated carbocycles. The number of esters is 1. The Morgan fingerprint density at radius 1 is 1.03 bits per heavy atom. The summed E-state index contributed by atoms with van der Waals surface area (Å²) in [6, 6.07) is 20.7. The number of carbonyl (C=O) groups is 2. The topological polar surface area (TPSA) is 103 Å². The number of amides is 1. The predicted molar refractivity (Wildman–Crippen MR) is 127 cm³/mol. The summed E-state index contributed by atoms with van der Waals surface area (Å²) in [4.78, 5) is 41.6. The quantitative estimate of drug-likeness (QED) is 0.392. The fourth-order valence-corrected chi connectivity index (χ4v) is 4.05. The first-order chi connectivity index (χ1) is 16.5. The van der Waals surface area contributed by atoms with Gasteiger partial charge in [0, 0.05) is 5.39 Å². The third-order valence-electron chi connectivity index (χ3n) is 5.68. The maximum atomic E-state index is 12.7. The molecule has 1 N–H and O–H groups in total. The number of carbonyl (C=O) groups excluding carboxylic acids is 2. The van der Waals surface area contributed by atoms with Crippen molar-refractivity contribution in [1.29, 1.82) is 0 Å². The number of benzene rings is 3. The SMILES string of the molecule is CC(NC(=O)COC(=O)Cn1cnc2c(oc3ccccc32)c1=O)c1cccc2ccccc12. The lowest BCUT2D eigenvalue weighted by Gasteiger charge is -2.16. The van der Waals surface area contributed by atoms with Crippen molar-refractivity contribution >= 4 is 44.7 Å². The Balaban J connectivity index is 1.22. The second kappa shape index (κ2) is 8.82. The molecule has 0 aliphatic heterocycles. The van der Waals surface area contributed by atoms with Crippen molar-refractivity contribution in [3.8, 4) is 0 Å². The van der Waals surface area contributed by atoms with Gasteiger partial charge in [-0.15, -0.1) is 0 Å². The Bertz CT molecular complexity index is 1600. The molecule has 2 aromatic heterocycles. The van der Waals surface area contributed by atoms with Crippen LogP contribution in [0.2, 0.25) is 0 Å². The minimum Gasteiger partial charge on any atom is -0.454 e. The molecule has 1 unspecified atom stereocenters. The van der Waals surface area contributed by atoms with Crippen LogP contribution < -0.4 is 10.9 Å². The van der Waals surface area contributed by atoms with Crippen LogP contribution in [0.1, 0.15) is 18.5 Å². The molecule has 0 aliphatic carbocycles. The van der Waals surface area contributed by atoms with Crippen molar-refractivity contribution in [3.63, 3.8) is 0 Å². The van der Waals surface area contributed by atoms with E-state index in [1.807, 2.05) is 61.5 Å². The first kappa shape index (κ1) is 21.4. The number of aromatic nitrogens is 2. The molecule has 2 heterocycles. The number of rotatable bonds is 6. The van der Waals surface area contributed by atoms with E-state index < -0.39 is 24.0 Å². The number of nitrogens with zero attached hydrogens (tertiary/aromatic N) is 2. The van der Waals surface area contributed by atoms with Crippen LogP contribution in [0, 0.1) is 0 Å². The molecule has 0 fully saturated rings. The highest BCUT2D eigenvalue weighted by molar-refractivity contribution is 6.01. The van der Waals surface area contributed by atoms with Gasteiger partial charge in [-0.05, 0) is 35.4 Å². The second-order valence-corrected chi connectivity index (χ2v) is 7.97. The van der Waals surface area contributed by atoms with Crippen molar-refractivity contribution < 1.29 is 18.7 Å². The van der Waals surface area contributed by atoms with Crippen LogP contribution >= 0.6 is 0 Å². The van der Waals surface area contributed by atoms with Crippen molar-refractivity contribution in [2.45, 2.75) is 19.5 Å². The van der Waals surface area contributed by atoms with Gasteiger partial charge in [0.25, 0.3) is 11.5 Å². The van der Waals surface area contributed by atoms with Gasteiger partial charge in [-0.25, -0.2) is 4.98 Å². The number of hydrogen-bond acceptors (Lipinski definition) is 6. The summed E-state index contributed by atoms with van der Waals surface area (Å²) in [5.74, 6) is -1.17. The Labute approximate surface area is 193 Å². The van der Waals surface area contributed by atoms with Crippen LogP contribution in [-0.2, 0) is 20.9 Å². The number of ether oxygens (including phenoxy) is 1. The van der Waals surface area contributed by atoms with Gasteiger partial charge < -0.3 is 14.5 Å². The summed E-state index contributed by atoms with van der Waals surface area (Å²) in [7, 11) is 0. The maximum Gasteiger partial charge on any atom is 0.326 e. The summed E-state index contributed by atoms with van der Waals surface area (Å²) in [6.45, 7) is 1.03. The van der Waals surface area contributed by atoms with E-state index in [2.05, 4.69) is 10.3 Å². The minimum absolute atomic E-state index is 0.0677. The lowest BCUT2D eigenvalue weighted by atomic mass is 10.00. The van der Waals surface area contributed by atoms with Gasteiger partial charge >= 0.3 is 5.97 Å². The summed E-state index contributed by atoms with van der Waals surface area (Å²) >= 11 is 0. The van der Waals surface area contributed by atoms with E-state index in [9.17, 15) is 14.4 Å². The van der Waals surface area contributed by atoms with Gasteiger partial charge in [0.2, 0.25) is 5.58 Å². The molecule has 170 valence electrons. The highest BCUT2D eigenvalue weighted by atomic mass is 16.5. The molecule has 0 radical (unpaired) electrons. The zero-order chi connectivity index (χ0) is 23.7. The van der Waals surface area contributed by atoms with E-state index in [0.29, 0.717) is 11.1 Å². The molecule has 34 heavy (non-hydrogen) atoms. The summed E-state index contributed by atoms with van der Waals surface area (Å²) < 4.78 is 11.8. The first-order valence-electron chi connectivity index (χ1n) is 10.8. The van der Waals surface area contributed by atoms with Crippen molar-refractivity contribution in [2.24, 2.45) is 0 Å². The molecule has 3 aromatic carbocycles. The van der Waals surface area contributed by atoms with Gasteiger partial charge in [0.05, 0.1) is 12.4 Å². The van der Waals surface area contributed by atoms with Crippen LogP contribution in [-0.4, -0.2) is 28.0 Å². The third-order valence-corrected chi connectivity index (χ3v) is 5.68. The average Bonchev–Trinajstić information content (AvgIpc) is 3.23. The molecule has 1 atom stereocenters. The number of nitrogens with one attached hydrogen (secondary N) is 1. The molecule has 8 nitrogen and oxygen atoms in total. The lowest BCUT2D eigenvalue weighted by Crippen LogP contribution is -2.32. The molecule has 5 aromatic rings. The number of fused-ring (bicyclic) bond motifs is 4. The number of hydrogen-bond donors (Lipinski definition) is 1. The van der Waals surface area contributed by atoms with Crippen molar-refractivity contribution in [2.75, 3.05) is 6.61 Å². The smallest absolute Gasteiger partial charge is 0.326 e. The number of para-hydroxylation sites is 1. The van der Waals surface area contributed by atoms with Gasteiger partial charge in [0.15, 0.2) is 6.61 Å². The second-order valence-electron chi connectivity index (χ2n) is 7.97. The molecule has 8 heteroatoms. The van der Waals surface area contributed by atoms with Gasteiger partial charge in [-0.1, -0.05) is 54.6 Å². The molecule has 0 spiro atoms. The normalized spacial score (nSPS) is 12.1. The fourth-order valence-electron chi connectivity index (χ4n) is 4.05. The predicted octanol–water partition coefficient (Wildman–Crippen LogP) is 3.72. The minimum atomic E-state index is -0.729. The van der Waals surface area contributed by atoms with Crippen LogP contribution in [0.15, 0.2) is 82.3 Å². The van der Waals surface area contributed by atoms with Crippen molar-refractivity contribution in [3.05, 3.63) is 89.0 Å². The maximum absolute atomic E-state index is 12.7. The van der Waals surface area contributed by atoms with Crippen LogP contribution in [0.5, 0.6) is 0 Å². The van der Waals surface area contributed by atoms with Crippen LogP contribution in [0.4, 0.5) is 0 Å². The monoisotopic (exact) mass is 455 g/mol. The Morgan fingerprint density at radius 2 is 1.76 bits per heavy atom. The molecule has 5 rings (SSSR count). The van der Waals surface area contributed by atoms with Crippen LogP contribution in [0.3, 0.4) is 0 Å². The third kappa shape index (κ3) is 4.01. The Morgan fingerprint density at radius 3 is 2.62 bits per heavy atom. The first-order valence-corrected chi connectivity index (χ1v) is 10.8. The molecular weight excluding hydrogens is 434 g/mol. The standard InChI is InChI=1S/C26H21N3O5/c1-16(18-11-6-8-17-7-2-3-9-19(17)18)28-22(30)14-33-23(31)13-29-15-27-24-20-10-4-5-12-21(20)34-25(24)26(29)32/h2-12,15-16H,13-14H2,1H3,(H,28,30). The summed E-state index contributed by atoms with van der Waals surface area (Å²) in [5, 5.41) is 5.69. The molecule has 0 aliphatic rings. The van der Waals surface area contributed by atoms with Crippen molar-refractivity contribution in [1.82, 2.24) is 14.9 Å². The molecule has 1 amide bonds. The number of furan rings is 1. The van der Waals surface area contributed by atoms with E-state index in [-0.39, 0.29) is 18.2 Å². The summed E-state index contributed by atoms with van der Waals surface area (Å²) in [6.07, 6.45) is 1.27. The van der Waals surface area contributed by atoms with Crippen LogP contribution in [0.25, 0.3) is 32.8 Å². The average molecular weight is 455 g/mol. The zero-order valence-electron chi connectivity index (χ0n) is 18.4. The van der Waals surface area contributed by atoms with E-state index in [4.69, 9.17) is 9.15 Å². The Hall–Kier alpha value is -4.46.